The number of fused-ring (bicyclic) bond motifs is 5. The van der Waals surface area contributed by atoms with Crippen molar-refractivity contribution in [3.05, 3.63) is 24.0 Å². The number of rotatable bonds is 3. The quantitative estimate of drug-likeness (QED) is 0.817. The fourth-order valence-electron chi connectivity index (χ4n) is 6.26. The lowest BCUT2D eigenvalue weighted by Crippen LogP contribution is -2.44. The molecule has 2 heterocycles. The molecule has 148 valence electrons. The summed E-state index contributed by atoms with van der Waals surface area (Å²) in [5.41, 5.74) is 1.73. The van der Waals surface area contributed by atoms with Crippen LogP contribution < -0.4 is 5.32 Å². The van der Waals surface area contributed by atoms with Gasteiger partial charge in [-0.05, 0) is 75.3 Å². The molecule has 1 N–H and O–H groups in total. The highest BCUT2D eigenvalue weighted by atomic mass is 16.2. The van der Waals surface area contributed by atoms with Crippen LogP contribution in [0.1, 0.15) is 50.5 Å². The number of pyridine rings is 1. The maximum atomic E-state index is 13.0. The van der Waals surface area contributed by atoms with Crippen LogP contribution in [0.3, 0.4) is 0 Å². The van der Waals surface area contributed by atoms with Crippen molar-refractivity contribution in [2.75, 3.05) is 5.32 Å². The molecule has 4 atom stereocenters. The second kappa shape index (κ2) is 6.68. The Bertz CT molecular complexity index is 802. The number of likely N-dealkylation sites (tertiary alicyclic amines) is 1. The zero-order valence-corrected chi connectivity index (χ0v) is 16.3. The Balaban J connectivity index is 1.21. The lowest BCUT2D eigenvalue weighted by molar-refractivity contribution is -0.144. The molecule has 1 saturated heterocycles. The molecular formula is C22H27N3O3. The standard InChI is InChI=1S/C22H27N3O3/c1-12-8-16(11-23-10-12)24-20(26)13-4-6-17(7-5-13)25-21(27)18-14-2-3-15(9-14)19(18)22(25)28/h8,10-11,13-15,17-19H,2-7,9H2,1H3,(H,24,26)/t13?,14-,15+,17?,18-,19+. The molecule has 28 heavy (non-hydrogen) atoms. The largest absolute Gasteiger partial charge is 0.324 e. The topological polar surface area (TPSA) is 79.4 Å². The molecule has 0 aromatic carbocycles. The summed E-state index contributed by atoms with van der Waals surface area (Å²) in [6, 6.07) is 1.89. The molecule has 0 unspecified atom stereocenters. The third kappa shape index (κ3) is 2.76. The van der Waals surface area contributed by atoms with Crippen molar-refractivity contribution in [1.82, 2.24) is 9.88 Å². The molecule has 1 aromatic heterocycles. The molecule has 3 aliphatic carbocycles. The Morgan fingerprint density at radius 2 is 1.64 bits per heavy atom. The van der Waals surface area contributed by atoms with Gasteiger partial charge in [0.2, 0.25) is 17.7 Å². The van der Waals surface area contributed by atoms with E-state index in [0.29, 0.717) is 11.8 Å². The molecule has 4 aliphatic rings. The molecule has 3 saturated carbocycles. The molecule has 5 rings (SSSR count). The van der Waals surface area contributed by atoms with Crippen molar-refractivity contribution in [3.63, 3.8) is 0 Å². The lowest BCUT2D eigenvalue weighted by atomic mass is 9.81. The number of hydrogen-bond acceptors (Lipinski definition) is 4. The van der Waals surface area contributed by atoms with E-state index in [1.54, 1.807) is 17.3 Å². The first-order chi connectivity index (χ1) is 13.5. The van der Waals surface area contributed by atoms with Crippen LogP contribution >= 0.6 is 0 Å². The van der Waals surface area contributed by atoms with E-state index in [0.717, 1.165) is 56.2 Å². The van der Waals surface area contributed by atoms with Crippen LogP contribution in [0.5, 0.6) is 0 Å². The first-order valence-electron chi connectivity index (χ1n) is 10.6. The van der Waals surface area contributed by atoms with Crippen LogP contribution in [0.4, 0.5) is 5.69 Å². The van der Waals surface area contributed by atoms with Gasteiger partial charge in [-0.3, -0.25) is 24.3 Å². The maximum Gasteiger partial charge on any atom is 0.233 e. The van der Waals surface area contributed by atoms with Gasteiger partial charge in [0.05, 0.1) is 23.7 Å². The van der Waals surface area contributed by atoms with E-state index >= 15 is 0 Å². The minimum atomic E-state index is -0.0692. The van der Waals surface area contributed by atoms with Gasteiger partial charge in [0.1, 0.15) is 0 Å². The highest BCUT2D eigenvalue weighted by Gasteiger charge is 2.61. The SMILES string of the molecule is Cc1cncc(NC(=O)C2CCC(N3C(=O)[C@@H]4[C@@H]5CC[C@@H](C5)[C@@H]4C3=O)CC2)c1. The molecule has 6 nitrogen and oxygen atoms in total. The predicted molar refractivity (Wildman–Crippen MR) is 103 cm³/mol. The van der Waals surface area contributed by atoms with Gasteiger partial charge < -0.3 is 5.32 Å². The Morgan fingerprint density at radius 1 is 1.00 bits per heavy atom. The minimum absolute atomic E-state index is 0.0137. The molecule has 1 aliphatic heterocycles. The van der Waals surface area contributed by atoms with Crippen molar-refractivity contribution in [2.45, 2.75) is 57.9 Å². The summed E-state index contributed by atoms with van der Waals surface area (Å²) in [6.07, 6.45) is 9.61. The third-order valence-electron chi connectivity index (χ3n) is 7.54. The Morgan fingerprint density at radius 3 is 2.25 bits per heavy atom. The second-order valence-electron chi connectivity index (χ2n) is 9.18. The van der Waals surface area contributed by atoms with Crippen molar-refractivity contribution in [1.29, 1.82) is 0 Å². The zero-order chi connectivity index (χ0) is 19.4. The summed E-state index contributed by atoms with van der Waals surface area (Å²) in [6.45, 7) is 1.94. The average molecular weight is 381 g/mol. The summed E-state index contributed by atoms with van der Waals surface area (Å²) >= 11 is 0. The number of aryl methyl sites for hydroxylation is 1. The van der Waals surface area contributed by atoms with E-state index in [1.807, 2.05) is 13.0 Å². The van der Waals surface area contributed by atoms with Crippen molar-refractivity contribution in [3.8, 4) is 0 Å². The summed E-state index contributed by atoms with van der Waals surface area (Å²) in [4.78, 5) is 44.3. The van der Waals surface area contributed by atoms with E-state index in [9.17, 15) is 14.4 Å². The molecule has 0 spiro atoms. The monoisotopic (exact) mass is 381 g/mol. The van der Waals surface area contributed by atoms with E-state index in [2.05, 4.69) is 10.3 Å². The molecule has 2 bridgehead atoms. The Kier molecular flexibility index (Phi) is 4.25. The number of carbonyl (C=O) groups is 3. The molecular weight excluding hydrogens is 354 g/mol. The smallest absolute Gasteiger partial charge is 0.233 e. The highest BCUT2D eigenvalue weighted by molar-refractivity contribution is 6.06. The maximum absolute atomic E-state index is 13.0. The molecule has 1 aromatic rings. The fourth-order valence-corrected chi connectivity index (χ4v) is 6.26. The normalized spacial score (nSPS) is 36.7. The van der Waals surface area contributed by atoms with E-state index < -0.39 is 0 Å². The van der Waals surface area contributed by atoms with Crippen LogP contribution in [-0.2, 0) is 14.4 Å². The third-order valence-corrected chi connectivity index (χ3v) is 7.54. The first-order valence-corrected chi connectivity index (χ1v) is 10.6. The average Bonchev–Trinajstić information content (AvgIpc) is 3.36. The minimum Gasteiger partial charge on any atom is -0.324 e. The zero-order valence-electron chi connectivity index (χ0n) is 16.3. The van der Waals surface area contributed by atoms with Gasteiger partial charge in [-0.25, -0.2) is 0 Å². The number of carbonyl (C=O) groups excluding carboxylic acids is 3. The van der Waals surface area contributed by atoms with Crippen LogP contribution in [0.2, 0.25) is 0 Å². The Hall–Kier alpha value is -2.24. The fraction of sp³-hybridized carbons (Fsp3) is 0.636. The second-order valence-corrected chi connectivity index (χ2v) is 9.18. The van der Waals surface area contributed by atoms with Gasteiger partial charge in [0, 0.05) is 18.2 Å². The van der Waals surface area contributed by atoms with Gasteiger partial charge in [0.25, 0.3) is 0 Å². The number of nitrogens with zero attached hydrogens (tertiary/aromatic N) is 2. The summed E-state index contributed by atoms with van der Waals surface area (Å²) in [5.74, 6) is 0.896. The van der Waals surface area contributed by atoms with Crippen molar-refractivity contribution >= 4 is 23.4 Å². The lowest BCUT2D eigenvalue weighted by Gasteiger charge is -2.33. The van der Waals surface area contributed by atoms with Gasteiger partial charge in [-0.1, -0.05) is 0 Å². The highest BCUT2D eigenvalue weighted by Crippen LogP contribution is 2.56. The summed E-state index contributed by atoms with van der Waals surface area (Å²) in [7, 11) is 0. The number of amides is 3. The predicted octanol–water partition coefficient (Wildman–Crippen LogP) is 2.92. The number of nitrogens with one attached hydrogen (secondary N) is 1. The Labute approximate surface area is 165 Å². The number of imide groups is 1. The van der Waals surface area contributed by atoms with E-state index in [-0.39, 0.29) is 41.5 Å². The van der Waals surface area contributed by atoms with Crippen molar-refractivity contribution < 1.29 is 14.4 Å². The first kappa shape index (κ1) is 17.8. The van der Waals surface area contributed by atoms with Crippen LogP contribution in [0.15, 0.2) is 18.5 Å². The molecule has 3 amide bonds. The van der Waals surface area contributed by atoms with Gasteiger partial charge in [-0.15, -0.1) is 0 Å². The summed E-state index contributed by atoms with van der Waals surface area (Å²) < 4.78 is 0. The molecule has 4 fully saturated rings. The number of anilines is 1. The van der Waals surface area contributed by atoms with Gasteiger partial charge >= 0.3 is 0 Å². The van der Waals surface area contributed by atoms with Crippen LogP contribution in [0, 0.1) is 36.5 Å². The molecule has 0 radical (unpaired) electrons. The number of hydrogen-bond donors (Lipinski definition) is 1. The van der Waals surface area contributed by atoms with E-state index in [4.69, 9.17) is 0 Å². The van der Waals surface area contributed by atoms with Crippen molar-refractivity contribution in [2.24, 2.45) is 29.6 Å². The summed E-state index contributed by atoms with van der Waals surface area (Å²) in [5, 5.41) is 2.96. The van der Waals surface area contributed by atoms with E-state index in [1.165, 1.54) is 0 Å². The molecule has 6 heteroatoms. The van der Waals surface area contributed by atoms with Gasteiger partial charge in [0.15, 0.2) is 0 Å². The van der Waals surface area contributed by atoms with Gasteiger partial charge in [-0.2, -0.15) is 0 Å². The number of aromatic nitrogens is 1. The van der Waals surface area contributed by atoms with Crippen LogP contribution in [0.25, 0.3) is 0 Å². The van der Waals surface area contributed by atoms with Crippen LogP contribution in [-0.4, -0.2) is 33.6 Å².